The summed E-state index contributed by atoms with van der Waals surface area (Å²) < 4.78 is 23.5. The van der Waals surface area contributed by atoms with Gasteiger partial charge in [-0.15, -0.1) is 0 Å². The number of aliphatic hydroxyl groups excluding tert-OH is 10. The first kappa shape index (κ1) is 44.2. The number of hydrogen-bond donors (Lipinski definition) is 10. The van der Waals surface area contributed by atoms with Gasteiger partial charge in [-0.3, -0.25) is 4.79 Å². The minimum atomic E-state index is -1.63. The number of Topliss-reactive ketones (excluding diaryl/α,β-unsaturated/α-hetero) is 1. The van der Waals surface area contributed by atoms with E-state index in [9.17, 15) is 55.9 Å². The molecule has 7 rings (SSSR count). The molecule has 7 aliphatic rings. The van der Waals surface area contributed by atoms with Crippen LogP contribution in [0.2, 0.25) is 0 Å². The lowest BCUT2D eigenvalue weighted by Gasteiger charge is -2.64. The maximum Gasteiger partial charge on any atom is 0.187 e. The fraction of sp³-hybridized carbons (Fsp3) is 0.976. The molecule has 2 spiro atoms. The van der Waals surface area contributed by atoms with Crippen LogP contribution in [0.15, 0.2) is 0 Å². The topological polar surface area (TPSA) is 256 Å². The van der Waals surface area contributed by atoms with E-state index in [0.717, 1.165) is 25.7 Å². The van der Waals surface area contributed by atoms with Gasteiger partial charge in [0.25, 0.3) is 0 Å². The van der Waals surface area contributed by atoms with E-state index >= 15 is 0 Å². The molecule has 0 aromatic carbocycles. The van der Waals surface area contributed by atoms with Crippen molar-refractivity contribution in [3.05, 3.63) is 0 Å². The Morgan fingerprint density at radius 2 is 1.33 bits per heavy atom. The molecular weight excluding hydrogens is 744 g/mol. The number of hydrogen-bond acceptors (Lipinski definition) is 15. The average Bonchev–Trinajstić information content (AvgIpc) is 3.74. The van der Waals surface area contributed by atoms with Crippen molar-refractivity contribution in [2.45, 2.75) is 192 Å². The van der Waals surface area contributed by atoms with Crippen LogP contribution in [0.25, 0.3) is 0 Å². The summed E-state index contributed by atoms with van der Waals surface area (Å²) in [7, 11) is 0. The van der Waals surface area contributed by atoms with Crippen LogP contribution >= 0.6 is 0 Å². The zero-order valence-corrected chi connectivity index (χ0v) is 34.6. The minimum Gasteiger partial charge on any atom is -0.394 e. The first-order chi connectivity index (χ1) is 26.5. The second kappa shape index (κ2) is 14.9. The Morgan fingerprint density at radius 3 is 1.93 bits per heavy atom. The molecule has 2 saturated heterocycles. The first-order valence-electron chi connectivity index (χ1n) is 21.3. The molecule has 15 nitrogen and oxygen atoms in total. The lowest BCUT2D eigenvalue weighted by Crippen LogP contribution is -2.63. The Balaban J connectivity index is 1.03. The van der Waals surface area contributed by atoms with Crippen LogP contribution < -0.4 is 0 Å². The number of ketones is 1. The molecule has 0 bridgehead atoms. The number of carbonyl (C=O) groups excluding carboxylic acids is 1. The normalized spacial score (nSPS) is 53.6. The maximum absolute atomic E-state index is 13.7. The van der Waals surface area contributed by atoms with Crippen LogP contribution in [0.1, 0.15) is 106 Å². The molecule has 5 aliphatic carbocycles. The summed E-state index contributed by atoms with van der Waals surface area (Å²) in [5.74, 6) is -0.354. The molecule has 2 heterocycles. The van der Waals surface area contributed by atoms with E-state index in [0.29, 0.717) is 25.7 Å². The van der Waals surface area contributed by atoms with E-state index in [4.69, 9.17) is 18.9 Å². The van der Waals surface area contributed by atoms with E-state index in [1.54, 1.807) is 13.8 Å². The fourth-order valence-corrected chi connectivity index (χ4v) is 14.4. The Labute approximate surface area is 335 Å². The van der Waals surface area contributed by atoms with Gasteiger partial charge in [0, 0.05) is 6.42 Å². The highest BCUT2D eigenvalue weighted by atomic mass is 16.7. The van der Waals surface area contributed by atoms with Gasteiger partial charge in [0.05, 0.1) is 31.5 Å². The molecular formula is C42H70O15. The van der Waals surface area contributed by atoms with E-state index in [2.05, 4.69) is 34.6 Å². The zero-order chi connectivity index (χ0) is 42.0. The summed E-state index contributed by atoms with van der Waals surface area (Å²) >= 11 is 0. The van der Waals surface area contributed by atoms with Gasteiger partial charge in [-0.1, -0.05) is 34.6 Å². The van der Waals surface area contributed by atoms with Crippen molar-refractivity contribution in [1.29, 1.82) is 0 Å². The van der Waals surface area contributed by atoms with Crippen LogP contribution in [0, 0.1) is 50.7 Å². The number of carbonyl (C=O) groups is 1. The number of fused-ring (bicyclic) bond motifs is 2. The van der Waals surface area contributed by atoms with Gasteiger partial charge in [0.15, 0.2) is 18.4 Å². The standard InChI is InChI=1S/C42H70O15/c1-19(8-9-25(47)38(4,5)57-36-33(53)31(51)29(49)23(17-44)55-36)27-21(46)15-40(7)34-20(45)14-24-37(2,3)26(56-35-32(52)30(50)28(48)22(16-43)54-35)10-11-41(24)18-42(34,41)13-12-39(27,40)6/h19-24,26-36,43-46,48-53H,8-18H2,1-7H3/t19-,20+,21+,22-,23-,24+,26+,27+,28-,29-,30+,31+,32-,33-,34+,35+,36+,39-,40+,41-,42+/m1/s1. The van der Waals surface area contributed by atoms with Crippen molar-refractivity contribution in [3.63, 3.8) is 0 Å². The highest BCUT2D eigenvalue weighted by Crippen LogP contribution is 2.89. The fourth-order valence-electron chi connectivity index (χ4n) is 14.4. The molecule has 0 aromatic heterocycles. The van der Waals surface area contributed by atoms with Gasteiger partial charge in [0.2, 0.25) is 0 Å². The first-order valence-corrected chi connectivity index (χ1v) is 21.3. The molecule has 57 heavy (non-hydrogen) atoms. The van der Waals surface area contributed by atoms with Crippen LogP contribution in [-0.4, -0.2) is 155 Å². The van der Waals surface area contributed by atoms with Crippen LogP contribution in [0.4, 0.5) is 0 Å². The summed E-state index contributed by atoms with van der Waals surface area (Å²) in [5.41, 5.74) is -2.67. The maximum atomic E-state index is 13.7. The third-order valence-corrected chi connectivity index (χ3v) is 17.6. The molecule has 0 radical (unpaired) electrons. The Kier molecular flexibility index (Phi) is 11.5. The zero-order valence-electron chi connectivity index (χ0n) is 34.6. The van der Waals surface area contributed by atoms with Crippen LogP contribution in [-0.2, 0) is 23.7 Å². The molecule has 15 heteroatoms. The van der Waals surface area contributed by atoms with Crippen molar-refractivity contribution >= 4 is 5.78 Å². The van der Waals surface area contributed by atoms with Gasteiger partial charge in [-0.25, -0.2) is 0 Å². The van der Waals surface area contributed by atoms with Gasteiger partial charge < -0.3 is 70.0 Å². The highest BCUT2D eigenvalue weighted by Gasteiger charge is 2.84. The summed E-state index contributed by atoms with van der Waals surface area (Å²) in [5, 5.41) is 106. The van der Waals surface area contributed by atoms with E-state index in [1.807, 2.05) is 0 Å². The van der Waals surface area contributed by atoms with Crippen molar-refractivity contribution in [3.8, 4) is 0 Å². The van der Waals surface area contributed by atoms with Crippen LogP contribution in [0.3, 0.4) is 0 Å². The largest absolute Gasteiger partial charge is 0.394 e. The summed E-state index contributed by atoms with van der Waals surface area (Å²) in [6.45, 7) is 12.9. The van der Waals surface area contributed by atoms with E-state index in [1.165, 1.54) is 0 Å². The van der Waals surface area contributed by atoms with Crippen molar-refractivity contribution < 1.29 is 74.8 Å². The van der Waals surface area contributed by atoms with Gasteiger partial charge >= 0.3 is 0 Å². The molecule has 5 saturated carbocycles. The van der Waals surface area contributed by atoms with Crippen molar-refractivity contribution in [1.82, 2.24) is 0 Å². The van der Waals surface area contributed by atoms with Gasteiger partial charge in [-0.05, 0) is 116 Å². The average molecular weight is 815 g/mol. The second-order valence-electron chi connectivity index (χ2n) is 20.9. The predicted octanol–water partition coefficient (Wildman–Crippen LogP) is 0.133. The van der Waals surface area contributed by atoms with E-state index < -0.39 is 97.8 Å². The van der Waals surface area contributed by atoms with Crippen LogP contribution in [0.5, 0.6) is 0 Å². The Bertz CT molecular complexity index is 1490. The summed E-state index contributed by atoms with van der Waals surface area (Å²) in [6.07, 6.45) is -9.74. The summed E-state index contributed by atoms with van der Waals surface area (Å²) in [4.78, 5) is 13.7. The monoisotopic (exact) mass is 814 g/mol. The number of aliphatic hydroxyl groups is 10. The van der Waals surface area contributed by atoms with Gasteiger partial charge in [-0.2, -0.15) is 0 Å². The summed E-state index contributed by atoms with van der Waals surface area (Å²) in [6, 6.07) is 0. The Hall–Kier alpha value is -0.890. The van der Waals surface area contributed by atoms with Crippen molar-refractivity contribution in [2.24, 2.45) is 50.7 Å². The molecule has 10 N–H and O–H groups in total. The molecule has 7 fully saturated rings. The molecule has 0 aromatic rings. The Morgan fingerprint density at radius 1 is 0.754 bits per heavy atom. The smallest absolute Gasteiger partial charge is 0.187 e. The quantitative estimate of drug-likeness (QED) is 0.125. The second-order valence-corrected chi connectivity index (χ2v) is 20.9. The SMILES string of the molecule is C[C@H](CCC(=O)C(C)(C)O[C@@H]1O[C@H](CO)[C@@H](O)[C@H](O)[C@H]1O)[C@H]1[C@@H](O)C[C@@]2(C)[C@@H]3[C@@H](O)C[C@H]4C(C)(C)[C@@H](O[C@@H]5O[C@H](CO)[C@@H](O)[C@H](O)[C@H]5O)CC[C@@]45C[C@@]35CC[C@]12C. The number of ether oxygens (including phenoxy) is 4. The molecule has 0 unspecified atom stereocenters. The third kappa shape index (κ3) is 6.46. The number of rotatable bonds is 11. The third-order valence-electron chi connectivity index (χ3n) is 17.6. The van der Waals surface area contributed by atoms with E-state index in [-0.39, 0.29) is 63.6 Å². The molecule has 2 aliphatic heterocycles. The molecule has 21 atom stereocenters. The minimum absolute atomic E-state index is 0.0203. The van der Waals surface area contributed by atoms with Gasteiger partial charge in [0.1, 0.15) is 54.4 Å². The highest BCUT2D eigenvalue weighted by molar-refractivity contribution is 5.86. The lowest BCUT2D eigenvalue weighted by atomic mass is 9.41. The van der Waals surface area contributed by atoms with Crippen molar-refractivity contribution in [2.75, 3.05) is 13.2 Å². The predicted molar refractivity (Wildman–Crippen MR) is 201 cm³/mol. The molecule has 0 amide bonds. The lowest BCUT2D eigenvalue weighted by molar-refractivity contribution is -0.327. The molecule has 328 valence electrons.